The van der Waals surface area contributed by atoms with Gasteiger partial charge in [-0.2, -0.15) is 0 Å². The lowest BCUT2D eigenvalue weighted by atomic mass is 10.1. The second-order valence-electron chi connectivity index (χ2n) is 3.82. The summed E-state index contributed by atoms with van der Waals surface area (Å²) in [4.78, 5) is 1.77. The third-order valence-electron chi connectivity index (χ3n) is 2.55. The summed E-state index contributed by atoms with van der Waals surface area (Å²) in [6, 6.07) is 5.91. The van der Waals surface area contributed by atoms with E-state index in [1.54, 1.807) is 6.07 Å². The van der Waals surface area contributed by atoms with Gasteiger partial charge in [0.05, 0.1) is 12.5 Å². The molecule has 2 aromatic rings. The van der Waals surface area contributed by atoms with Crippen molar-refractivity contribution < 1.29 is 13.5 Å². The molecule has 0 amide bonds. The number of thiophene rings is 1. The van der Waals surface area contributed by atoms with Crippen LogP contribution in [0.1, 0.15) is 20.7 Å². The van der Waals surface area contributed by atoms with E-state index in [1.807, 2.05) is 13.0 Å². The zero-order valence-corrected chi connectivity index (χ0v) is 11.4. The topological polar surface area (TPSA) is 9.23 Å². The Hall–Kier alpha value is -1.13. The zero-order chi connectivity index (χ0) is 13.3. The maximum atomic E-state index is 13.8. The molecule has 2 rings (SSSR count). The lowest BCUT2D eigenvalue weighted by molar-refractivity contribution is 0.405. The largest absolute Gasteiger partial charge is 0.497 e. The molecule has 0 aliphatic rings. The molecule has 0 N–H and O–H groups in total. The van der Waals surface area contributed by atoms with Crippen molar-refractivity contribution in [2.75, 3.05) is 7.11 Å². The Morgan fingerprint density at radius 2 is 1.83 bits per heavy atom. The molecule has 0 aliphatic heterocycles. The highest BCUT2D eigenvalue weighted by Crippen LogP contribution is 2.37. The SMILES string of the molecule is COc1cc(F)c(C(Cl)c2ccc(C)s2)c(F)c1. The molecule has 1 unspecified atom stereocenters. The lowest BCUT2D eigenvalue weighted by Crippen LogP contribution is -2.00. The van der Waals surface area contributed by atoms with Crippen LogP contribution in [-0.4, -0.2) is 7.11 Å². The highest BCUT2D eigenvalue weighted by Gasteiger charge is 2.22. The Morgan fingerprint density at radius 3 is 2.28 bits per heavy atom. The van der Waals surface area contributed by atoms with Gasteiger partial charge in [-0.15, -0.1) is 22.9 Å². The summed E-state index contributed by atoms with van der Waals surface area (Å²) >= 11 is 7.56. The molecule has 1 aromatic heterocycles. The molecular formula is C13H11ClF2OS. The van der Waals surface area contributed by atoms with Gasteiger partial charge in [0.25, 0.3) is 0 Å². The van der Waals surface area contributed by atoms with Crippen molar-refractivity contribution >= 4 is 22.9 Å². The van der Waals surface area contributed by atoms with E-state index in [2.05, 4.69) is 0 Å². The van der Waals surface area contributed by atoms with E-state index < -0.39 is 17.0 Å². The monoisotopic (exact) mass is 288 g/mol. The van der Waals surface area contributed by atoms with Crippen LogP contribution in [0, 0.1) is 18.6 Å². The van der Waals surface area contributed by atoms with Crippen molar-refractivity contribution in [3.8, 4) is 5.75 Å². The molecule has 96 valence electrons. The summed E-state index contributed by atoms with van der Waals surface area (Å²) in [5, 5.41) is -0.824. The van der Waals surface area contributed by atoms with Gasteiger partial charge in [0, 0.05) is 27.5 Å². The highest BCUT2D eigenvalue weighted by atomic mass is 35.5. The average molecular weight is 289 g/mol. The minimum atomic E-state index is -0.824. The molecule has 0 aliphatic carbocycles. The quantitative estimate of drug-likeness (QED) is 0.746. The van der Waals surface area contributed by atoms with Crippen molar-refractivity contribution in [1.29, 1.82) is 0 Å². The molecule has 1 heterocycles. The molecule has 1 aromatic carbocycles. The summed E-state index contributed by atoms with van der Waals surface area (Å²) in [6.45, 7) is 1.92. The number of hydrogen-bond donors (Lipinski definition) is 0. The molecule has 1 atom stereocenters. The van der Waals surface area contributed by atoms with Crippen molar-refractivity contribution in [2.45, 2.75) is 12.3 Å². The number of alkyl halides is 1. The average Bonchev–Trinajstić information content (AvgIpc) is 2.74. The fourth-order valence-electron chi connectivity index (χ4n) is 1.65. The Balaban J connectivity index is 2.44. The Bertz CT molecular complexity index is 545. The number of aryl methyl sites for hydroxylation is 1. The van der Waals surface area contributed by atoms with Crippen LogP contribution in [0.15, 0.2) is 24.3 Å². The standard InChI is InChI=1S/C13H11ClF2OS/c1-7-3-4-11(18-7)13(14)12-9(15)5-8(17-2)6-10(12)16/h3-6,13H,1-2H3. The first kappa shape index (κ1) is 13.3. The summed E-state index contributed by atoms with van der Waals surface area (Å²) in [6.07, 6.45) is 0. The van der Waals surface area contributed by atoms with Crippen LogP contribution < -0.4 is 4.74 Å². The second kappa shape index (κ2) is 5.24. The van der Waals surface area contributed by atoms with Gasteiger partial charge in [-0.1, -0.05) is 0 Å². The van der Waals surface area contributed by atoms with Crippen LogP contribution in [0.4, 0.5) is 8.78 Å². The molecule has 0 saturated carbocycles. The number of halogens is 3. The number of hydrogen-bond acceptors (Lipinski definition) is 2. The van der Waals surface area contributed by atoms with E-state index in [4.69, 9.17) is 16.3 Å². The van der Waals surface area contributed by atoms with E-state index in [-0.39, 0.29) is 11.3 Å². The molecule has 0 saturated heterocycles. The van der Waals surface area contributed by atoms with Gasteiger partial charge in [0.15, 0.2) is 0 Å². The minimum Gasteiger partial charge on any atom is -0.497 e. The number of ether oxygens (including phenoxy) is 1. The summed E-state index contributed by atoms with van der Waals surface area (Å²) in [5.74, 6) is -1.25. The van der Waals surface area contributed by atoms with Gasteiger partial charge in [0.2, 0.25) is 0 Å². The Kier molecular flexibility index (Phi) is 3.88. The number of benzene rings is 1. The van der Waals surface area contributed by atoms with Gasteiger partial charge in [0.1, 0.15) is 17.4 Å². The van der Waals surface area contributed by atoms with E-state index in [1.165, 1.54) is 18.4 Å². The van der Waals surface area contributed by atoms with E-state index in [0.717, 1.165) is 21.9 Å². The number of methoxy groups -OCH3 is 1. The van der Waals surface area contributed by atoms with Crippen LogP contribution in [0.2, 0.25) is 0 Å². The lowest BCUT2D eigenvalue weighted by Gasteiger charge is -2.11. The van der Waals surface area contributed by atoms with Crippen LogP contribution >= 0.6 is 22.9 Å². The summed E-state index contributed by atoms with van der Waals surface area (Å²) in [7, 11) is 1.36. The van der Waals surface area contributed by atoms with Crippen LogP contribution in [0.5, 0.6) is 5.75 Å². The van der Waals surface area contributed by atoms with E-state index in [0.29, 0.717) is 0 Å². The van der Waals surface area contributed by atoms with Gasteiger partial charge in [-0.25, -0.2) is 8.78 Å². The normalized spacial score (nSPS) is 12.5. The molecular weight excluding hydrogens is 278 g/mol. The van der Waals surface area contributed by atoms with Gasteiger partial charge in [-0.05, 0) is 19.1 Å². The summed E-state index contributed by atoms with van der Waals surface area (Å²) in [5.41, 5.74) is -0.140. The molecule has 5 heteroatoms. The first-order valence-electron chi connectivity index (χ1n) is 5.26. The Morgan fingerprint density at radius 1 is 1.22 bits per heavy atom. The maximum absolute atomic E-state index is 13.8. The highest BCUT2D eigenvalue weighted by molar-refractivity contribution is 7.12. The van der Waals surface area contributed by atoms with E-state index in [9.17, 15) is 8.78 Å². The third kappa shape index (κ3) is 2.49. The molecule has 18 heavy (non-hydrogen) atoms. The third-order valence-corrected chi connectivity index (χ3v) is 4.20. The smallest absolute Gasteiger partial charge is 0.134 e. The van der Waals surface area contributed by atoms with Crippen molar-refractivity contribution in [3.05, 3.63) is 51.2 Å². The van der Waals surface area contributed by atoms with Gasteiger partial charge >= 0.3 is 0 Å². The van der Waals surface area contributed by atoms with Gasteiger partial charge < -0.3 is 4.74 Å². The van der Waals surface area contributed by atoms with Gasteiger partial charge in [-0.3, -0.25) is 0 Å². The fraction of sp³-hybridized carbons (Fsp3) is 0.231. The predicted molar refractivity (Wildman–Crippen MR) is 69.7 cm³/mol. The summed E-state index contributed by atoms with van der Waals surface area (Å²) < 4.78 is 32.5. The first-order valence-corrected chi connectivity index (χ1v) is 6.51. The molecule has 0 radical (unpaired) electrons. The van der Waals surface area contributed by atoms with Crippen molar-refractivity contribution in [3.63, 3.8) is 0 Å². The molecule has 0 spiro atoms. The molecule has 1 nitrogen and oxygen atoms in total. The molecule has 0 fully saturated rings. The van der Waals surface area contributed by atoms with Crippen LogP contribution in [0.3, 0.4) is 0 Å². The van der Waals surface area contributed by atoms with Crippen LogP contribution in [-0.2, 0) is 0 Å². The second-order valence-corrected chi connectivity index (χ2v) is 5.57. The molecule has 0 bridgehead atoms. The first-order chi connectivity index (χ1) is 8.52. The predicted octanol–water partition coefficient (Wildman–Crippen LogP) is 4.67. The minimum absolute atomic E-state index is 0.139. The fourth-order valence-corrected chi connectivity index (χ4v) is 2.93. The maximum Gasteiger partial charge on any atom is 0.134 e. The van der Waals surface area contributed by atoms with E-state index >= 15 is 0 Å². The zero-order valence-electron chi connectivity index (χ0n) is 9.84. The van der Waals surface area contributed by atoms with Crippen molar-refractivity contribution in [2.24, 2.45) is 0 Å². The van der Waals surface area contributed by atoms with Crippen LogP contribution in [0.25, 0.3) is 0 Å². The Labute approximate surface area is 113 Å². The number of rotatable bonds is 3. The van der Waals surface area contributed by atoms with Crippen molar-refractivity contribution in [1.82, 2.24) is 0 Å².